The van der Waals surface area contributed by atoms with Crippen molar-refractivity contribution in [2.24, 2.45) is 5.92 Å². The predicted octanol–water partition coefficient (Wildman–Crippen LogP) is 4.70. The molecular formula is C23H26Cl3N3O3S. The number of sulfonamides is 1. The Kier molecular flexibility index (Phi) is 7.46. The van der Waals surface area contributed by atoms with E-state index in [0.29, 0.717) is 36.0 Å². The molecule has 0 N–H and O–H groups in total. The number of hydrogen-bond donors (Lipinski definition) is 0. The highest BCUT2D eigenvalue weighted by Gasteiger charge is 2.35. The minimum absolute atomic E-state index is 0.00822. The van der Waals surface area contributed by atoms with Gasteiger partial charge in [0.15, 0.2) is 0 Å². The molecule has 0 saturated carbocycles. The van der Waals surface area contributed by atoms with Crippen molar-refractivity contribution in [1.29, 1.82) is 0 Å². The first-order valence-corrected chi connectivity index (χ1v) is 13.5. The summed E-state index contributed by atoms with van der Waals surface area (Å²) in [4.78, 5) is 17.3. The van der Waals surface area contributed by atoms with E-state index in [0.717, 1.165) is 24.3 Å². The molecular weight excluding hydrogens is 505 g/mol. The van der Waals surface area contributed by atoms with E-state index in [9.17, 15) is 13.2 Å². The van der Waals surface area contributed by atoms with E-state index < -0.39 is 10.0 Å². The van der Waals surface area contributed by atoms with Gasteiger partial charge >= 0.3 is 0 Å². The zero-order valence-corrected chi connectivity index (χ0v) is 21.4. The molecule has 2 aromatic rings. The Bertz CT molecular complexity index is 1140. The highest BCUT2D eigenvalue weighted by molar-refractivity contribution is 7.89. The summed E-state index contributed by atoms with van der Waals surface area (Å²) in [5.74, 6) is -0.0685. The monoisotopic (exact) mass is 529 g/mol. The van der Waals surface area contributed by atoms with Crippen molar-refractivity contribution >= 4 is 56.4 Å². The lowest BCUT2D eigenvalue weighted by Crippen LogP contribution is -2.52. The highest BCUT2D eigenvalue weighted by atomic mass is 35.5. The van der Waals surface area contributed by atoms with Crippen molar-refractivity contribution in [3.05, 3.63) is 57.0 Å². The molecule has 0 atom stereocenters. The van der Waals surface area contributed by atoms with Crippen LogP contribution < -0.4 is 4.90 Å². The second-order valence-electron chi connectivity index (χ2n) is 8.50. The predicted molar refractivity (Wildman–Crippen MR) is 133 cm³/mol. The van der Waals surface area contributed by atoms with Crippen molar-refractivity contribution in [3.63, 3.8) is 0 Å². The minimum Gasteiger partial charge on any atom is -0.368 e. The number of piperidine rings is 1. The molecule has 2 aliphatic rings. The first-order valence-electron chi connectivity index (χ1n) is 10.9. The van der Waals surface area contributed by atoms with Crippen LogP contribution in [0.3, 0.4) is 0 Å². The van der Waals surface area contributed by atoms with Gasteiger partial charge in [-0.15, -0.1) is 0 Å². The van der Waals surface area contributed by atoms with E-state index >= 15 is 0 Å². The number of aryl methyl sites for hydroxylation is 1. The molecule has 0 aromatic heterocycles. The SMILES string of the molecule is Cc1ccc(Cl)cc1N1CCN(C(=O)C2CCN(S(=O)(=O)c3cc(Cl)ccc3Cl)CC2)CC1. The number of nitrogens with zero attached hydrogens (tertiary/aromatic N) is 3. The van der Waals surface area contributed by atoms with E-state index in [-0.39, 0.29) is 34.8 Å². The van der Waals surface area contributed by atoms with Crippen LogP contribution in [0.4, 0.5) is 5.69 Å². The number of piperazine rings is 1. The lowest BCUT2D eigenvalue weighted by molar-refractivity contribution is -0.137. The zero-order valence-electron chi connectivity index (χ0n) is 18.3. The summed E-state index contributed by atoms with van der Waals surface area (Å²) in [6, 6.07) is 10.3. The van der Waals surface area contributed by atoms with Crippen molar-refractivity contribution in [2.45, 2.75) is 24.7 Å². The van der Waals surface area contributed by atoms with Gasteiger partial charge in [0.1, 0.15) is 4.90 Å². The fourth-order valence-corrected chi connectivity index (χ4v) is 6.88. The Hall–Kier alpha value is -1.51. The fourth-order valence-electron chi connectivity index (χ4n) is 4.51. The molecule has 6 nitrogen and oxygen atoms in total. The maximum Gasteiger partial charge on any atom is 0.244 e. The first kappa shape index (κ1) is 24.6. The molecule has 2 fully saturated rings. The van der Waals surface area contributed by atoms with Crippen LogP contribution in [0.5, 0.6) is 0 Å². The molecule has 0 spiro atoms. The number of benzene rings is 2. The molecule has 0 aliphatic carbocycles. The fraction of sp³-hybridized carbons (Fsp3) is 0.435. The van der Waals surface area contributed by atoms with Gasteiger partial charge in [-0.25, -0.2) is 8.42 Å². The van der Waals surface area contributed by atoms with E-state index in [1.807, 2.05) is 23.1 Å². The highest BCUT2D eigenvalue weighted by Crippen LogP contribution is 2.31. The lowest BCUT2D eigenvalue weighted by Gasteiger charge is -2.39. The summed E-state index contributed by atoms with van der Waals surface area (Å²) in [5.41, 5.74) is 2.26. The standard InChI is InChI=1S/C23H26Cl3N3O3S/c1-16-2-3-18(24)14-21(16)27-10-12-28(13-11-27)23(30)17-6-8-29(9-7-17)33(31,32)22-15-19(25)4-5-20(22)26/h2-5,14-15,17H,6-13H2,1H3. The van der Waals surface area contributed by atoms with Gasteiger partial charge < -0.3 is 9.80 Å². The van der Waals surface area contributed by atoms with Crippen molar-refractivity contribution in [1.82, 2.24) is 9.21 Å². The molecule has 2 aliphatic heterocycles. The van der Waals surface area contributed by atoms with Gasteiger partial charge in [0.25, 0.3) is 0 Å². The zero-order chi connectivity index (χ0) is 23.8. The molecule has 4 rings (SSSR count). The number of halogens is 3. The number of rotatable bonds is 4. The van der Waals surface area contributed by atoms with Crippen molar-refractivity contribution in [2.75, 3.05) is 44.2 Å². The molecule has 2 aromatic carbocycles. The van der Waals surface area contributed by atoms with Crippen LogP contribution >= 0.6 is 34.8 Å². The van der Waals surface area contributed by atoms with Crippen LogP contribution in [-0.2, 0) is 14.8 Å². The quantitative estimate of drug-likeness (QED) is 0.575. The average molecular weight is 531 g/mol. The van der Waals surface area contributed by atoms with Gasteiger partial charge in [0.2, 0.25) is 15.9 Å². The molecule has 178 valence electrons. The number of carbonyl (C=O) groups excluding carboxylic acids is 1. The second kappa shape index (κ2) is 10.0. The Balaban J connectivity index is 1.34. The van der Waals surface area contributed by atoms with Crippen molar-refractivity contribution in [3.8, 4) is 0 Å². The molecule has 0 unspecified atom stereocenters. The summed E-state index contributed by atoms with van der Waals surface area (Å²) in [7, 11) is -3.76. The third-order valence-corrected chi connectivity index (χ3v) is 9.27. The van der Waals surface area contributed by atoms with Crippen LogP contribution in [0.2, 0.25) is 15.1 Å². The molecule has 1 amide bonds. The van der Waals surface area contributed by atoms with Crippen LogP contribution in [0.1, 0.15) is 18.4 Å². The molecule has 33 heavy (non-hydrogen) atoms. The molecule has 2 saturated heterocycles. The summed E-state index contributed by atoms with van der Waals surface area (Å²) < 4.78 is 27.5. The maximum atomic E-state index is 13.1. The van der Waals surface area contributed by atoms with Gasteiger partial charge in [0, 0.05) is 60.9 Å². The Morgan fingerprint density at radius 1 is 0.879 bits per heavy atom. The molecule has 0 bridgehead atoms. The van der Waals surface area contributed by atoms with Crippen LogP contribution in [0.15, 0.2) is 41.3 Å². The van der Waals surface area contributed by atoms with Gasteiger partial charge in [-0.3, -0.25) is 4.79 Å². The molecule has 0 radical (unpaired) electrons. The van der Waals surface area contributed by atoms with Crippen LogP contribution in [0.25, 0.3) is 0 Å². The summed E-state index contributed by atoms with van der Waals surface area (Å²) >= 11 is 18.3. The van der Waals surface area contributed by atoms with Crippen molar-refractivity contribution < 1.29 is 13.2 Å². The second-order valence-corrected chi connectivity index (χ2v) is 11.7. The van der Waals surface area contributed by atoms with Gasteiger partial charge in [0.05, 0.1) is 5.02 Å². The Labute approximate surface area is 210 Å². The van der Waals surface area contributed by atoms with Gasteiger partial charge in [-0.2, -0.15) is 4.31 Å². The van der Waals surface area contributed by atoms with Gasteiger partial charge in [-0.1, -0.05) is 40.9 Å². The number of anilines is 1. The largest absolute Gasteiger partial charge is 0.368 e. The topological polar surface area (TPSA) is 60.9 Å². The number of carbonyl (C=O) groups is 1. The normalized spacial score (nSPS) is 18.5. The van der Waals surface area contributed by atoms with E-state index in [4.69, 9.17) is 34.8 Å². The van der Waals surface area contributed by atoms with E-state index in [1.54, 1.807) is 6.07 Å². The smallest absolute Gasteiger partial charge is 0.244 e. The molecule has 10 heteroatoms. The number of amides is 1. The van der Waals surface area contributed by atoms with Crippen LogP contribution in [-0.4, -0.2) is 62.8 Å². The Morgan fingerprint density at radius 2 is 1.48 bits per heavy atom. The first-order chi connectivity index (χ1) is 15.7. The van der Waals surface area contributed by atoms with Crippen LogP contribution in [0, 0.1) is 12.8 Å². The minimum atomic E-state index is -3.76. The summed E-state index contributed by atoms with van der Waals surface area (Å²) in [6.45, 7) is 5.39. The molecule has 2 heterocycles. The third kappa shape index (κ3) is 5.28. The Morgan fingerprint density at radius 3 is 2.15 bits per heavy atom. The summed E-state index contributed by atoms with van der Waals surface area (Å²) in [6.07, 6.45) is 0.980. The number of hydrogen-bond acceptors (Lipinski definition) is 4. The lowest BCUT2D eigenvalue weighted by atomic mass is 9.96. The van der Waals surface area contributed by atoms with E-state index in [1.165, 1.54) is 16.4 Å². The average Bonchev–Trinajstić information content (AvgIpc) is 2.82. The maximum absolute atomic E-state index is 13.1. The summed E-state index contributed by atoms with van der Waals surface area (Å²) in [5, 5.41) is 1.16. The van der Waals surface area contributed by atoms with E-state index in [2.05, 4.69) is 11.8 Å². The third-order valence-electron chi connectivity index (χ3n) is 6.42. The van der Waals surface area contributed by atoms with Gasteiger partial charge in [-0.05, 0) is 55.7 Å².